The van der Waals surface area contributed by atoms with Crippen molar-refractivity contribution in [3.63, 3.8) is 0 Å². The van der Waals surface area contributed by atoms with Gasteiger partial charge < -0.3 is 10.1 Å². The largest absolute Gasteiger partial charge is 0.437 e. The van der Waals surface area contributed by atoms with E-state index in [2.05, 4.69) is 15.3 Å². The Bertz CT molecular complexity index is 509. The number of hydrogen-bond acceptors (Lipinski definition) is 4. The molecule has 1 N–H and O–H groups in total. The maximum absolute atomic E-state index is 5.68. The molecule has 2 aromatic rings. The predicted molar refractivity (Wildman–Crippen MR) is 68.5 cm³/mol. The van der Waals surface area contributed by atoms with Crippen molar-refractivity contribution in [1.82, 2.24) is 15.3 Å². The van der Waals surface area contributed by atoms with Crippen LogP contribution in [0.4, 0.5) is 0 Å². The van der Waals surface area contributed by atoms with E-state index in [9.17, 15) is 0 Å². The van der Waals surface area contributed by atoms with Crippen molar-refractivity contribution in [3.05, 3.63) is 48.4 Å². The Morgan fingerprint density at radius 3 is 2.83 bits per heavy atom. The van der Waals surface area contributed by atoms with E-state index in [0.717, 1.165) is 24.4 Å². The molecule has 4 nitrogen and oxygen atoms in total. The second-order valence-corrected chi connectivity index (χ2v) is 4.35. The molecule has 1 saturated heterocycles. The summed E-state index contributed by atoms with van der Waals surface area (Å²) in [5.41, 5.74) is 0.959. The molecule has 1 fully saturated rings. The molecule has 0 aliphatic carbocycles. The Kier molecular flexibility index (Phi) is 3.19. The number of para-hydroxylation sites is 1. The second-order valence-electron chi connectivity index (χ2n) is 4.35. The summed E-state index contributed by atoms with van der Waals surface area (Å²) >= 11 is 0. The van der Waals surface area contributed by atoms with Crippen LogP contribution in [0.3, 0.4) is 0 Å². The van der Waals surface area contributed by atoms with Crippen LogP contribution in [0.2, 0.25) is 0 Å². The molecule has 4 heteroatoms. The molecule has 1 aromatic carbocycles. The Morgan fingerprint density at radius 2 is 2.06 bits per heavy atom. The zero-order valence-corrected chi connectivity index (χ0v) is 10.0. The molecule has 0 bridgehead atoms. The van der Waals surface area contributed by atoms with E-state index in [0.29, 0.717) is 11.9 Å². The number of ether oxygens (including phenoxy) is 1. The van der Waals surface area contributed by atoms with E-state index in [1.165, 1.54) is 6.42 Å². The van der Waals surface area contributed by atoms with Gasteiger partial charge in [0.15, 0.2) is 0 Å². The molecule has 1 unspecified atom stereocenters. The first-order chi connectivity index (χ1) is 8.92. The van der Waals surface area contributed by atoms with Gasteiger partial charge in [-0.25, -0.2) is 4.98 Å². The van der Waals surface area contributed by atoms with Gasteiger partial charge in [-0.3, -0.25) is 4.98 Å². The van der Waals surface area contributed by atoms with Gasteiger partial charge in [0.1, 0.15) is 5.75 Å². The van der Waals surface area contributed by atoms with Crippen molar-refractivity contribution in [2.75, 3.05) is 6.54 Å². The lowest BCUT2D eigenvalue weighted by atomic mass is 10.2. The van der Waals surface area contributed by atoms with Gasteiger partial charge in [0.25, 0.3) is 0 Å². The van der Waals surface area contributed by atoms with E-state index >= 15 is 0 Å². The first-order valence-corrected chi connectivity index (χ1v) is 6.20. The number of rotatable bonds is 3. The van der Waals surface area contributed by atoms with Crippen molar-refractivity contribution in [2.24, 2.45) is 0 Å². The molecule has 1 aromatic heterocycles. The molecular formula is C14H15N3O. The lowest BCUT2D eigenvalue weighted by Gasteiger charge is -2.10. The third-order valence-electron chi connectivity index (χ3n) is 3.01. The minimum Gasteiger partial charge on any atom is -0.437 e. The van der Waals surface area contributed by atoms with E-state index in [4.69, 9.17) is 4.74 Å². The Hall–Kier alpha value is -1.94. The first-order valence-electron chi connectivity index (χ1n) is 6.20. The molecule has 1 atom stereocenters. The highest BCUT2D eigenvalue weighted by Gasteiger charge is 2.18. The molecule has 92 valence electrons. The summed E-state index contributed by atoms with van der Waals surface area (Å²) in [6.45, 7) is 1.05. The molecule has 1 aliphatic heterocycles. The SMILES string of the molecule is c1ccc(Oc2cncc(C3CCCN3)n2)cc1. The van der Waals surface area contributed by atoms with Crippen LogP contribution in [-0.2, 0) is 0 Å². The van der Waals surface area contributed by atoms with E-state index < -0.39 is 0 Å². The minimum absolute atomic E-state index is 0.317. The van der Waals surface area contributed by atoms with E-state index in [1.807, 2.05) is 30.3 Å². The van der Waals surface area contributed by atoms with Crippen molar-refractivity contribution in [3.8, 4) is 11.6 Å². The summed E-state index contributed by atoms with van der Waals surface area (Å²) in [5, 5.41) is 3.41. The summed E-state index contributed by atoms with van der Waals surface area (Å²) in [4.78, 5) is 8.70. The molecule has 18 heavy (non-hydrogen) atoms. The third kappa shape index (κ3) is 2.49. The van der Waals surface area contributed by atoms with Gasteiger partial charge in [0, 0.05) is 0 Å². The average Bonchev–Trinajstić information content (AvgIpc) is 2.94. The highest BCUT2D eigenvalue weighted by atomic mass is 16.5. The summed E-state index contributed by atoms with van der Waals surface area (Å²) in [5.74, 6) is 1.33. The van der Waals surface area contributed by atoms with Gasteiger partial charge in [-0.2, -0.15) is 0 Å². The van der Waals surface area contributed by atoms with Crippen LogP contribution < -0.4 is 10.1 Å². The van der Waals surface area contributed by atoms with Crippen LogP contribution in [0.15, 0.2) is 42.7 Å². The Labute approximate surface area is 106 Å². The zero-order valence-electron chi connectivity index (χ0n) is 10.0. The van der Waals surface area contributed by atoms with E-state index in [1.54, 1.807) is 12.4 Å². The van der Waals surface area contributed by atoms with Crippen LogP contribution in [-0.4, -0.2) is 16.5 Å². The monoisotopic (exact) mass is 241 g/mol. The molecule has 0 radical (unpaired) electrons. The van der Waals surface area contributed by atoms with Crippen molar-refractivity contribution in [1.29, 1.82) is 0 Å². The molecule has 0 saturated carbocycles. The van der Waals surface area contributed by atoms with Gasteiger partial charge in [-0.05, 0) is 31.5 Å². The first kappa shape index (κ1) is 11.2. The molecule has 0 spiro atoms. The highest BCUT2D eigenvalue weighted by molar-refractivity contribution is 5.26. The Balaban J connectivity index is 1.78. The zero-order chi connectivity index (χ0) is 12.2. The molecule has 1 aliphatic rings. The maximum Gasteiger partial charge on any atom is 0.238 e. The number of benzene rings is 1. The van der Waals surface area contributed by atoms with E-state index in [-0.39, 0.29) is 0 Å². The third-order valence-corrected chi connectivity index (χ3v) is 3.01. The summed E-state index contributed by atoms with van der Waals surface area (Å²) in [7, 11) is 0. The van der Waals surface area contributed by atoms with Crippen LogP contribution in [0.1, 0.15) is 24.6 Å². The highest BCUT2D eigenvalue weighted by Crippen LogP contribution is 2.24. The van der Waals surface area contributed by atoms with Crippen molar-refractivity contribution >= 4 is 0 Å². The van der Waals surface area contributed by atoms with Gasteiger partial charge in [0.2, 0.25) is 5.88 Å². The van der Waals surface area contributed by atoms with Crippen LogP contribution in [0.5, 0.6) is 11.6 Å². The fourth-order valence-corrected chi connectivity index (χ4v) is 2.13. The topological polar surface area (TPSA) is 47.0 Å². The van der Waals surface area contributed by atoms with Gasteiger partial charge in [-0.15, -0.1) is 0 Å². The predicted octanol–water partition coefficient (Wildman–Crippen LogP) is 2.69. The number of nitrogens with one attached hydrogen (secondary N) is 1. The van der Waals surface area contributed by atoms with Crippen molar-refractivity contribution in [2.45, 2.75) is 18.9 Å². The van der Waals surface area contributed by atoms with Crippen molar-refractivity contribution < 1.29 is 4.74 Å². The van der Waals surface area contributed by atoms with Gasteiger partial charge in [0.05, 0.1) is 24.1 Å². The van der Waals surface area contributed by atoms with Crippen LogP contribution >= 0.6 is 0 Å². The normalized spacial score (nSPS) is 18.8. The fraction of sp³-hybridized carbons (Fsp3) is 0.286. The summed E-state index contributed by atoms with van der Waals surface area (Å²) in [6, 6.07) is 9.95. The molecular weight excluding hydrogens is 226 g/mol. The van der Waals surface area contributed by atoms with Crippen LogP contribution in [0, 0.1) is 0 Å². The minimum atomic E-state index is 0.317. The maximum atomic E-state index is 5.68. The van der Waals surface area contributed by atoms with Gasteiger partial charge >= 0.3 is 0 Å². The molecule has 0 amide bonds. The smallest absolute Gasteiger partial charge is 0.238 e. The summed E-state index contributed by atoms with van der Waals surface area (Å²) < 4.78 is 5.68. The number of aromatic nitrogens is 2. The summed E-state index contributed by atoms with van der Waals surface area (Å²) in [6.07, 6.45) is 5.76. The van der Waals surface area contributed by atoms with Crippen LogP contribution in [0.25, 0.3) is 0 Å². The molecule has 2 heterocycles. The van der Waals surface area contributed by atoms with Gasteiger partial charge in [-0.1, -0.05) is 18.2 Å². The fourth-order valence-electron chi connectivity index (χ4n) is 2.13. The number of hydrogen-bond donors (Lipinski definition) is 1. The standard InChI is InChI=1S/C14H15N3O/c1-2-5-11(6-3-1)18-14-10-15-9-13(17-14)12-7-4-8-16-12/h1-3,5-6,9-10,12,16H,4,7-8H2. The number of nitrogens with zero attached hydrogens (tertiary/aromatic N) is 2. The lowest BCUT2D eigenvalue weighted by Crippen LogP contribution is -2.14. The Morgan fingerprint density at radius 1 is 1.17 bits per heavy atom. The second kappa shape index (κ2) is 5.14. The lowest BCUT2D eigenvalue weighted by molar-refractivity contribution is 0.453. The molecule has 3 rings (SSSR count). The average molecular weight is 241 g/mol. The quantitative estimate of drug-likeness (QED) is 0.897.